The van der Waals surface area contributed by atoms with Crippen LogP contribution < -0.4 is 5.43 Å². The van der Waals surface area contributed by atoms with Gasteiger partial charge in [0, 0.05) is 18.1 Å². The Hall–Kier alpha value is -3.38. The number of para-hydroxylation sites is 1. The number of nitrogens with one attached hydrogen (secondary N) is 1. The zero-order chi connectivity index (χ0) is 22.9. The molecule has 0 radical (unpaired) electrons. The third-order valence-corrected chi connectivity index (χ3v) is 6.98. The van der Waals surface area contributed by atoms with E-state index in [1.54, 1.807) is 18.3 Å². The van der Waals surface area contributed by atoms with Crippen molar-refractivity contribution in [2.75, 3.05) is 5.43 Å². The number of aromatic nitrogens is 2. The van der Waals surface area contributed by atoms with Crippen molar-refractivity contribution >= 4 is 38.2 Å². The first-order valence-corrected chi connectivity index (χ1v) is 12.1. The van der Waals surface area contributed by atoms with Gasteiger partial charge in [-0.1, -0.05) is 55.5 Å². The molecular formula is C27H26N4OS. The lowest BCUT2D eigenvalue weighted by molar-refractivity contribution is 0.101. The smallest absolute Gasteiger partial charge is 0.204 e. The van der Waals surface area contributed by atoms with Gasteiger partial charge >= 0.3 is 0 Å². The molecule has 1 N–H and O–H groups in total. The first-order valence-electron chi connectivity index (χ1n) is 11.3. The maximum Gasteiger partial charge on any atom is 0.204 e. The highest BCUT2D eigenvalue weighted by Crippen LogP contribution is 2.30. The van der Waals surface area contributed by atoms with Crippen molar-refractivity contribution in [1.29, 1.82) is 0 Å². The lowest BCUT2D eigenvalue weighted by atomic mass is 9.88. The SMILES string of the molecule is CC(=O)c1nc(-c2ccc3c(c2)/C(=N/Nc2nc4ccccc4s2)CCC3)ccc1C(C)C. The maximum absolute atomic E-state index is 12.2. The quantitative estimate of drug-likeness (QED) is 0.265. The number of Topliss-reactive ketones (excluding diaryl/α,β-unsaturated/α-hetero) is 1. The largest absolute Gasteiger partial charge is 0.293 e. The number of rotatable bonds is 5. The van der Waals surface area contributed by atoms with E-state index in [1.807, 2.05) is 30.3 Å². The Morgan fingerprint density at radius 1 is 1.06 bits per heavy atom. The second kappa shape index (κ2) is 8.87. The molecule has 1 aliphatic rings. The second-order valence-electron chi connectivity index (χ2n) is 8.73. The van der Waals surface area contributed by atoms with Crippen LogP contribution in [0.3, 0.4) is 0 Å². The van der Waals surface area contributed by atoms with Gasteiger partial charge in [0.1, 0.15) is 5.69 Å². The highest BCUT2D eigenvalue weighted by Gasteiger charge is 2.19. The van der Waals surface area contributed by atoms with Crippen LogP contribution in [0.5, 0.6) is 0 Å². The molecule has 4 aromatic rings. The van der Waals surface area contributed by atoms with Crippen molar-refractivity contribution in [2.45, 2.75) is 46.0 Å². The number of carbonyl (C=O) groups excluding carboxylic acids is 1. The molecule has 1 aliphatic carbocycles. The van der Waals surface area contributed by atoms with Gasteiger partial charge in [0.15, 0.2) is 5.78 Å². The lowest BCUT2D eigenvalue weighted by Gasteiger charge is -2.19. The number of hydrazone groups is 1. The molecule has 0 fully saturated rings. The van der Waals surface area contributed by atoms with E-state index in [0.29, 0.717) is 5.69 Å². The van der Waals surface area contributed by atoms with Gasteiger partial charge < -0.3 is 0 Å². The van der Waals surface area contributed by atoms with E-state index in [-0.39, 0.29) is 11.7 Å². The summed E-state index contributed by atoms with van der Waals surface area (Å²) in [6.45, 7) is 5.76. The monoisotopic (exact) mass is 454 g/mol. The fourth-order valence-electron chi connectivity index (χ4n) is 4.33. The summed E-state index contributed by atoms with van der Waals surface area (Å²) in [7, 11) is 0. The standard InChI is InChI=1S/C27H26N4OS/c1-16(2)20-13-14-22(28-26(20)17(3)32)19-12-11-18-7-6-9-23(21(18)15-19)30-31-27-29-24-8-4-5-10-25(24)33-27/h4-5,8,10-16H,6-7,9H2,1-3H3,(H,29,31)/b30-23+. The zero-order valence-electron chi connectivity index (χ0n) is 19.1. The van der Waals surface area contributed by atoms with Crippen LogP contribution in [0.25, 0.3) is 21.5 Å². The van der Waals surface area contributed by atoms with E-state index >= 15 is 0 Å². The average molecular weight is 455 g/mol. The molecule has 2 aromatic heterocycles. The van der Waals surface area contributed by atoms with E-state index < -0.39 is 0 Å². The Balaban J connectivity index is 1.49. The first kappa shape index (κ1) is 21.5. The van der Waals surface area contributed by atoms with Crippen LogP contribution in [-0.2, 0) is 6.42 Å². The molecule has 0 amide bonds. The van der Waals surface area contributed by atoms with Crippen LogP contribution in [0, 0.1) is 0 Å². The summed E-state index contributed by atoms with van der Waals surface area (Å²) in [5, 5.41) is 5.54. The number of fused-ring (bicyclic) bond motifs is 2. The Bertz CT molecular complexity index is 1350. The van der Waals surface area contributed by atoms with Gasteiger partial charge in [-0.3, -0.25) is 10.2 Å². The molecule has 0 unspecified atom stereocenters. The van der Waals surface area contributed by atoms with Gasteiger partial charge in [-0.25, -0.2) is 9.97 Å². The number of carbonyl (C=O) groups is 1. The summed E-state index contributed by atoms with van der Waals surface area (Å²) in [6, 6.07) is 18.6. The lowest BCUT2D eigenvalue weighted by Crippen LogP contribution is -2.14. The molecule has 166 valence electrons. The predicted octanol–water partition coefficient (Wildman–Crippen LogP) is 6.84. The van der Waals surface area contributed by atoms with Crippen LogP contribution in [0.15, 0.2) is 59.7 Å². The maximum atomic E-state index is 12.2. The number of hydrogen-bond donors (Lipinski definition) is 1. The van der Waals surface area contributed by atoms with Gasteiger partial charge in [-0.15, -0.1) is 0 Å². The van der Waals surface area contributed by atoms with Crippen molar-refractivity contribution in [1.82, 2.24) is 9.97 Å². The highest BCUT2D eigenvalue weighted by molar-refractivity contribution is 7.22. The van der Waals surface area contributed by atoms with Crippen molar-refractivity contribution in [3.63, 3.8) is 0 Å². The molecule has 2 heterocycles. The van der Waals surface area contributed by atoms with Gasteiger partial charge in [-0.2, -0.15) is 5.10 Å². The summed E-state index contributed by atoms with van der Waals surface area (Å²) >= 11 is 1.60. The van der Waals surface area contributed by atoms with E-state index in [4.69, 9.17) is 10.1 Å². The summed E-state index contributed by atoms with van der Waals surface area (Å²) in [5.74, 6) is 0.252. The minimum Gasteiger partial charge on any atom is -0.293 e. The summed E-state index contributed by atoms with van der Waals surface area (Å²) in [5.41, 5.74) is 11.0. The van der Waals surface area contributed by atoms with Crippen LogP contribution in [-0.4, -0.2) is 21.5 Å². The zero-order valence-corrected chi connectivity index (χ0v) is 19.9. The Morgan fingerprint density at radius 2 is 1.91 bits per heavy atom. The van der Waals surface area contributed by atoms with E-state index in [2.05, 4.69) is 48.5 Å². The topological polar surface area (TPSA) is 67.2 Å². The third-order valence-electron chi connectivity index (χ3n) is 6.04. The number of ketones is 1. The Morgan fingerprint density at radius 3 is 2.70 bits per heavy atom. The molecule has 0 bridgehead atoms. The summed E-state index contributed by atoms with van der Waals surface area (Å²) < 4.78 is 1.14. The summed E-state index contributed by atoms with van der Waals surface area (Å²) in [4.78, 5) is 21.6. The van der Waals surface area contributed by atoms with Crippen LogP contribution >= 0.6 is 11.3 Å². The Labute approximate surface area is 197 Å². The predicted molar refractivity (Wildman–Crippen MR) is 136 cm³/mol. The fourth-order valence-corrected chi connectivity index (χ4v) is 5.14. The number of anilines is 1. The van der Waals surface area contributed by atoms with Crippen molar-refractivity contribution in [3.8, 4) is 11.3 Å². The molecule has 5 nitrogen and oxygen atoms in total. The molecular weight excluding hydrogens is 428 g/mol. The molecule has 33 heavy (non-hydrogen) atoms. The second-order valence-corrected chi connectivity index (χ2v) is 9.76. The Kier molecular flexibility index (Phi) is 5.77. The normalized spacial score (nSPS) is 14.6. The van der Waals surface area contributed by atoms with Crippen molar-refractivity contribution in [3.05, 3.63) is 77.0 Å². The number of pyridine rings is 1. The van der Waals surface area contributed by atoms with Gasteiger partial charge in [-0.05, 0) is 60.6 Å². The number of thiazole rings is 1. The number of benzene rings is 2. The van der Waals surface area contributed by atoms with Crippen molar-refractivity contribution in [2.24, 2.45) is 5.10 Å². The number of hydrogen-bond acceptors (Lipinski definition) is 6. The highest BCUT2D eigenvalue weighted by atomic mass is 32.1. The average Bonchev–Trinajstić information content (AvgIpc) is 3.25. The number of aryl methyl sites for hydroxylation is 1. The molecule has 0 atom stereocenters. The van der Waals surface area contributed by atoms with Crippen LogP contribution in [0.1, 0.15) is 66.7 Å². The molecule has 6 heteroatoms. The first-order chi connectivity index (χ1) is 16.0. The third kappa shape index (κ3) is 4.31. The van der Waals surface area contributed by atoms with Gasteiger partial charge in [0.2, 0.25) is 5.13 Å². The van der Waals surface area contributed by atoms with Crippen LogP contribution in [0.4, 0.5) is 5.13 Å². The summed E-state index contributed by atoms with van der Waals surface area (Å²) in [6.07, 6.45) is 3.02. The molecule has 2 aromatic carbocycles. The molecule has 5 rings (SSSR count). The van der Waals surface area contributed by atoms with E-state index in [0.717, 1.165) is 62.7 Å². The van der Waals surface area contributed by atoms with E-state index in [9.17, 15) is 4.79 Å². The molecule has 0 spiro atoms. The van der Waals surface area contributed by atoms with Crippen LogP contribution in [0.2, 0.25) is 0 Å². The molecule has 0 saturated heterocycles. The van der Waals surface area contributed by atoms with Gasteiger partial charge in [0.25, 0.3) is 0 Å². The van der Waals surface area contributed by atoms with Gasteiger partial charge in [0.05, 0.1) is 21.6 Å². The van der Waals surface area contributed by atoms with E-state index in [1.165, 1.54) is 5.56 Å². The number of nitrogens with zero attached hydrogens (tertiary/aromatic N) is 3. The molecule has 0 saturated carbocycles. The minimum absolute atomic E-state index is 0.000737. The fraction of sp³-hybridized carbons (Fsp3) is 0.259. The molecule has 0 aliphatic heterocycles. The minimum atomic E-state index is 0.000737. The van der Waals surface area contributed by atoms with Crippen molar-refractivity contribution < 1.29 is 4.79 Å².